The van der Waals surface area contributed by atoms with E-state index in [0.29, 0.717) is 13.1 Å². The topological polar surface area (TPSA) is 63.5 Å². The monoisotopic (exact) mass is 248 g/mol. The van der Waals surface area contributed by atoms with Crippen LogP contribution in [0.1, 0.15) is 25.0 Å². The smallest absolute Gasteiger partial charge is 0.269 e. The normalized spacial score (nSPS) is 14.5. The Hall–Kier alpha value is -1.91. The SMILES string of the molecule is CC(C)C(=O)N1CCc2ccc([N+](=O)[O-])cc2C1. The summed E-state index contributed by atoms with van der Waals surface area (Å²) < 4.78 is 0. The molecule has 0 bridgehead atoms. The molecule has 0 N–H and O–H groups in total. The minimum Gasteiger partial charge on any atom is -0.338 e. The lowest BCUT2D eigenvalue weighted by atomic mass is 9.98. The van der Waals surface area contributed by atoms with Gasteiger partial charge in [0.2, 0.25) is 5.91 Å². The van der Waals surface area contributed by atoms with Crippen molar-refractivity contribution in [2.24, 2.45) is 5.92 Å². The quantitative estimate of drug-likeness (QED) is 0.595. The highest BCUT2D eigenvalue weighted by atomic mass is 16.6. The van der Waals surface area contributed by atoms with Crippen LogP contribution in [0.3, 0.4) is 0 Å². The molecular formula is C13H16N2O3. The highest BCUT2D eigenvalue weighted by Gasteiger charge is 2.23. The van der Waals surface area contributed by atoms with Crippen molar-refractivity contribution in [2.75, 3.05) is 6.54 Å². The fourth-order valence-electron chi connectivity index (χ4n) is 2.21. The number of fused-ring (bicyclic) bond motifs is 1. The molecule has 5 nitrogen and oxygen atoms in total. The van der Waals surface area contributed by atoms with E-state index in [1.807, 2.05) is 13.8 Å². The second-order valence-corrected chi connectivity index (χ2v) is 4.87. The predicted octanol–water partition coefficient (Wildman–Crippen LogP) is 2.14. The molecule has 1 amide bonds. The zero-order chi connectivity index (χ0) is 13.3. The summed E-state index contributed by atoms with van der Waals surface area (Å²) in [5.41, 5.74) is 2.09. The zero-order valence-electron chi connectivity index (χ0n) is 10.5. The molecule has 0 saturated carbocycles. The standard InChI is InChI=1S/C13H16N2O3/c1-9(2)13(16)14-6-5-10-3-4-12(15(17)18)7-11(10)8-14/h3-4,7,9H,5-6,8H2,1-2H3. The molecule has 1 aliphatic rings. The van der Waals surface area contributed by atoms with Crippen molar-refractivity contribution in [3.05, 3.63) is 39.4 Å². The number of non-ortho nitro benzene ring substituents is 1. The molecule has 1 aromatic carbocycles. The van der Waals surface area contributed by atoms with Crippen LogP contribution in [-0.4, -0.2) is 22.3 Å². The van der Waals surface area contributed by atoms with E-state index in [0.717, 1.165) is 17.5 Å². The van der Waals surface area contributed by atoms with E-state index < -0.39 is 4.92 Å². The highest BCUT2D eigenvalue weighted by molar-refractivity contribution is 5.78. The molecule has 1 aliphatic heterocycles. The molecule has 1 heterocycles. The number of nitro groups is 1. The predicted molar refractivity (Wildman–Crippen MR) is 67.1 cm³/mol. The van der Waals surface area contributed by atoms with Gasteiger partial charge in [-0.2, -0.15) is 0 Å². The first-order chi connectivity index (χ1) is 8.49. The molecule has 96 valence electrons. The molecule has 0 atom stereocenters. The Kier molecular flexibility index (Phi) is 3.32. The zero-order valence-corrected chi connectivity index (χ0v) is 10.5. The third-order valence-electron chi connectivity index (χ3n) is 3.22. The van der Waals surface area contributed by atoms with Gasteiger partial charge in [-0.3, -0.25) is 14.9 Å². The maximum atomic E-state index is 11.9. The van der Waals surface area contributed by atoms with Gasteiger partial charge in [0, 0.05) is 31.1 Å². The Labute approximate surface area is 106 Å². The lowest BCUT2D eigenvalue weighted by Gasteiger charge is -2.30. The fraction of sp³-hybridized carbons (Fsp3) is 0.462. The van der Waals surface area contributed by atoms with E-state index in [1.54, 1.807) is 17.0 Å². The molecular weight excluding hydrogens is 232 g/mol. The molecule has 5 heteroatoms. The van der Waals surface area contributed by atoms with Gasteiger partial charge in [-0.1, -0.05) is 19.9 Å². The molecule has 0 aromatic heterocycles. The molecule has 0 aliphatic carbocycles. The van der Waals surface area contributed by atoms with Crippen LogP contribution in [0.15, 0.2) is 18.2 Å². The Morgan fingerprint density at radius 1 is 1.39 bits per heavy atom. The lowest BCUT2D eigenvalue weighted by molar-refractivity contribution is -0.385. The van der Waals surface area contributed by atoms with Crippen LogP contribution in [0.4, 0.5) is 5.69 Å². The highest BCUT2D eigenvalue weighted by Crippen LogP contribution is 2.24. The fourth-order valence-corrected chi connectivity index (χ4v) is 2.21. The van der Waals surface area contributed by atoms with Crippen LogP contribution in [0.2, 0.25) is 0 Å². The van der Waals surface area contributed by atoms with Crippen LogP contribution < -0.4 is 0 Å². The number of amides is 1. The van der Waals surface area contributed by atoms with Gasteiger partial charge in [0.15, 0.2) is 0 Å². The third kappa shape index (κ3) is 2.34. The first-order valence-electron chi connectivity index (χ1n) is 6.04. The Balaban J connectivity index is 2.24. The van der Waals surface area contributed by atoms with Crippen LogP contribution in [0, 0.1) is 16.0 Å². The van der Waals surface area contributed by atoms with E-state index in [9.17, 15) is 14.9 Å². The first kappa shape index (κ1) is 12.5. The summed E-state index contributed by atoms with van der Waals surface area (Å²) >= 11 is 0. The summed E-state index contributed by atoms with van der Waals surface area (Å²) in [7, 11) is 0. The summed E-state index contributed by atoms with van der Waals surface area (Å²) in [6.07, 6.45) is 0.770. The number of carbonyl (C=O) groups is 1. The number of carbonyl (C=O) groups excluding carboxylic acids is 1. The van der Waals surface area contributed by atoms with Crippen LogP contribution in [0.5, 0.6) is 0 Å². The Morgan fingerprint density at radius 2 is 2.11 bits per heavy atom. The van der Waals surface area contributed by atoms with E-state index in [-0.39, 0.29) is 17.5 Å². The lowest BCUT2D eigenvalue weighted by Crippen LogP contribution is -2.38. The van der Waals surface area contributed by atoms with Gasteiger partial charge >= 0.3 is 0 Å². The van der Waals surface area contributed by atoms with Crippen LogP contribution in [0.25, 0.3) is 0 Å². The number of rotatable bonds is 2. The number of hydrogen-bond acceptors (Lipinski definition) is 3. The van der Waals surface area contributed by atoms with Crippen molar-refractivity contribution in [1.82, 2.24) is 4.90 Å². The molecule has 18 heavy (non-hydrogen) atoms. The average Bonchev–Trinajstić information content (AvgIpc) is 2.36. The van der Waals surface area contributed by atoms with Crippen molar-refractivity contribution in [1.29, 1.82) is 0 Å². The molecule has 2 rings (SSSR count). The second kappa shape index (κ2) is 4.76. The molecule has 0 spiro atoms. The minimum atomic E-state index is -0.399. The average molecular weight is 248 g/mol. The van der Waals surface area contributed by atoms with Gasteiger partial charge in [0.1, 0.15) is 0 Å². The number of nitrogens with zero attached hydrogens (tertiary/aromatic N) is 2. The molecule has 0 saturated heterocycles. The largest absolute Gasteiger partial charge is 0.338 e. The van der Waals surface area contributed by atoms with E-state index in [4.69, 9.17) is 0 Å². The van der Waals surface area contributed by atoms with Crippen LogP contribution in [-0.2, 0) is 17.8 Å². The Morgan fingerprint density at radius 3 is 2.72 bits per heavy atom. The summed E-state index contributed by atoms with van der Waals surface area (Å²) in [5.74, 6) is 0.0670. The van der Waals surface area contributed by atoms with Crippen molar-refractivity contribution in [3.63, 3.8) is 0 Å². The van der Waals surface area contributed by atoms with E-state index in [2.05, 4.69) is 0 Å². The summed E-state index contributed by atoms with van der Waals surface area (Å²) in [6, 6.07) is 4.90. The van der Waals surface area contributed by atoms with Crippen molar-refractivity contribution in [3.8, 4) is 0 Å². The van der Waals surface area contributed by atoms with Gasteiger partial charge in [-0.05, 0) is 17.5 Å². The van der Waals surface area contributed by atoms with Crippen molar-refractivity contribution >= 4 is 11.6 Å². The van der Waals surface area contributed by atoms with Gasteiger partial charge in [-0.25, -0.2) is 0 Å². The summed E-state index contributed by atoms with van der Waals surface area (Å²) in [6.45, 7) is 4.91. The third-order valence-corrected chi connectivity index (χ3v) is 3.22. The Bertz CT molecular complexity index is 497. The van der Waals surface area contributed by atoms with Gasteiger partial charge in [0.25, 0.3) is 5.69 Å². The first-order valence-corrected chi connectivity index (χ1v) is 6.04. The summed E-state index contributed by atoms with van der Waals surface area (Å²) in [4.78, 5) is 24.0. The maximum Gasteiger partial charge on any atom is 0.269 e. The van der Waals surface area contributed by atoms with Crippen LogP contribution >= 0.6 is 0 Å². The molecule has 0 radical (unpaired) electrons. The van der Waals surface area contributed by atoms with Gasteiger partial charge < -0.3 is 4.90 Å². The van der Waals surface area contributed by atoms with E-state index >= 15 is 0 Å². The maximum absolute atomic E-state index is 11.9. The minimum absolute atomic E-state index is 0.0368. The molecule has 0 fully saturated rings. The van der Waals surface area contributed by atoms with Crippen molar-refractivity contribution in [2.45, 2.75) is 26.8 Å². The summed E-state index contributed by atoms with van der Waals surface area (Å²) in [5, 5.41) is 10.7. The van der Waals surface area contributed by atoms with Gasteiger partial charge in [-0.15, -0.1) is 0 Å². The number of benzene rings is 1. The van der Waals surface area contributed by atoms with E-state index in [1.165, 1.54) is 6.07 Å². The van der Waals surface area contributed by atoms with Crippen molar-refractivity contribution < 1.29 is 9.72 Å². The van der Waals surface area contributed by atoms with Gasteiger partial charge in [0.05, 0.1) is 4.92 Å². The molecule has 1 aromatic rings. The number of hydrogen-bond donors (Lipinski definition) is 0. The second-order valence-electron chi connectivity index (χ2n) is 4.87. The number of nitro benzene ring substituents is 1. The molecule has 0 unspecified atom stereocenters.